The molecule has 0 radical (unpaired) electrons. The van der Waals surface area contributed by atoms with E-state index in [1.807, 2.05) is 38.1 Å². The van der Waals surface area contributed by atoms with E-state index < -0.39 is 35.6 Å². The van der Waals surface area contributed by atoms with Crippen molar-refractivity contribution in [1.29, 1.82) is 0 Å². The summed E-state index contributed by atoms with van der Waals surface area (Å²) in [5, 5.41) is 5.69. The van der Waals surface area contributed by atoms with Gasteiger partial charge in [-0.05, 0) is 71.8 Å². The molecule has 9 nitrogen and oxygen atoms in total. The smallest absolute Gasteiger partial charge is 0.408 e. The van der Waals surface area contributed by atoms with E-state index in [1.165, 1.54) is 0 Å². The van der Waals surface area contributed by atoms with E-state index in [0.717, 1.165) is 31.2 Å². The van der Waals surface area contributed by atoms with Crippen molar-refractivity contribution in [3.63, 3.8) is 0 Å². The third-order valence-corrected chi connectivity index (χ3v) is 6.52. The van der Waals surface area contributed by atoms with Gasteiger partial charge >= 0.3 is 6.09 Å². The molecule has 1 rings (SSSR count). The number of rotatable bonds is 16. The maximum absolute atomic E-state index is 14.3. The molecule has 0 fully saturated rings. The molecule has 0 aliphatic heterocycles. The van der Waals surface area contributed by atoms with Gasteiger partial charge in [0.25, 0.3) is 0 Å². The number of hydrogen-bond acceptors (Lipinski definition) is 5. The number of benzene rings is 1. The van der Waals surface area contributed by atoms with Crippen LogP contribution < -0.4 is 16.4 Å². The molecule has 0 aliphatic carbocycles. The number of nitrogens with zero attached hydrogens (tertiary/aromatic N) is 1. The first-order chi connectivity index (χ1) is 18.7. The Hall–Kier alpha value is -3.10. The number of unbranched alkanes of at least 4 members (excludes halogenated alkanes) is 2. The van der Waals surface area contributed by atoms with E-state index in [2.05, 4.69) is 31.4 Å². The van der Waals surface area contributed by atoms with Crippen LogP contribution in [0.5, 0.6) is 0 Å². The lowest BCUT2D eigenvalue weighted by Gasteiger charge is -2.39. The van der Waals surface area contributed by atoms with Crippen LogP contribution in [0.15, 0.2) is 24.3 Å². The third-order valence-electron chi connectivity index (χ3n) is 6.52. The van der Waals surface area contributed by atoms with Crippen LogP contribution in [-0.4, -0.2) is 52.9 Å². The molecular formula is C31H52N4O5. The summed E-state index contributed by atoms with van der Waals surface area (Å²) in [6.45, 7) is 15.8. The predicted molar refractivity (Wildman–Crippen MR) is 158 cm³/mol. The molecule has 0 bridgehead atoms. The van der Waals surface area contributed by atoms with Crippen LogP contribution in [0.4, 0.5) is 4.79 Å². The molecule has 0 aromatic heterocycles. The Labute approximate surface area is 241 Å². The molecule has 0 spiro atoms. The van der Waals surface area contributed by atoms with Crippen molar-refractivity contribution in [2.45, 2.75) is 124 Å². The zero-order valence-corrected chi connectivity index (χ0v) is 25.8. The molecule has 226 valence electrons. The van der Waals surface area contributed by atoms with Crippen molar-refractivity contribution in [2.24, 2.45) is 11.7 Å². The summed E-state index contributed by atoms with van der Waals surface area (Å²) in [6.07, 6.45) is 3.43. The van der Waals surface area contributed by atoms with Crippen molar-refractivity contribution in [1.82, 2.24) is 15.5 Å². The Morgan fingerprint density at radius 1 is 1.02 bits per heavy atom. The van der Waals surface area contributed by atoms with Crippen LogP contribution in [0.1, 0.15) is 111 Å². The van der Waals surface area contributed by atoms with E-state index in [4.69, 9.17) is 10.5 Å². The molecule has 40 heavy (non-hydrogen) atoms. The van der Waals surface area contributed by atoms with Crippen LogP contribution in [0.25, 0.3) is 0 Å². The Balaban J connectivity index is 3.58. The molecule has 0 aliphatic rings. The van der Waals surface area contributed by atoms with Crippen molar-refractivity contribution in [3.8, 4) is 0 Å². The largest absolute Gasteiger partial charge is 0.444 e. The second-order valence-corrected chi connectivity index (χ2v) is 12.1. The van der Waals surface area contributed by atoms with Crippen molar-refractivity contribution < 1.29 is 23.9 Å². The number of primary amides is 1. The summed E-state index contributed by atoms with van der Waals surface area (Å²) in [7, 11) is 0. The first kappa shape index (κ1) is 34.9. The van der Waals surface area contributed by atoms with Gasteiger partial charge in [0.1, 0.15) is 17.7 Å². The Morgan fingerprint density at radius 2 is 1.70 bits per heavy atom. The number of carbonyl (C=O) groups excluding carboxylic acids is 4. The van der Waals surface area contributed by atoms with Crippen LogP contribution in [-0.2, 0) is 19.1 Å². The summed E-state index contributed by atoms with van der Waals surface area (Å²) in [6, 6.07) is 5.19. The molecule has 0 saturated carbocycles. The van der Waals surface area contributed by atoms with Crippen molar-refractivity contribution in [3.05, 3.63) is 35.4 Å². The maximum atomic E-state index is 14.3. The topological polar surface area (TPSA) is 131 Å². The van der Waals surface area contributed by atoms with Crippen LogP contribution >= 0.6 is 0 Å². The van der Waals surface area contributed by atoms with Crippen molar-refractivity contribution in [2.75, 3.05) is 6.54 Å². The van der Waals surface area contributed by atoms with Crippen LogP contribution in [0.2, 0.25) is 0 Å². The van der Waals surface area contributed by atoms with Gasteiger partial charge in [-0.1, -0.05) is 63.4 Å². The third kappa shape index (κ3) is 12.8. The average Bonchev–Trinajstić information content (AvgIpc) is 2.84. The SMILES string of the molecule is CCCCCNC(=O)C(c1cccc(C)c1)N(C(=O)C(CCC(N)=O)NC(=O)OC(C)(C)C)C(C)CCC(C)C. The molecule has 1 aromatic carbocycles. The van der Waals surface area contributed by atoms with Gasteiger partial charge in [-0.3, -0.25) is 14.4 Å². The van der Waals surface area contributed by atoms with Gasteiger partial charge in [0.2, 0.25) is 17.7 Å². The standard InChI is InChI=1S/C31H52N4O5/c1-9-10-11-19-33-28(37)27(24-14-12-13-22(4)20-24)35(23(5)16-15-21(2)3)29(38)25(17-18-26(32)36)34-30(39)40-31(6,7)8/h12-14,20-21,23,25,27H,9-11,15-19H2,1-8H3,(H2,32,36)(H,33,37)(H,34,39). The monoisotopic (exact) mass is 560 g/mol. The number of ether oxygens (including phenoxy) is 1. The highest BCUT2D eigenvalue weighted by Crippen LogP contribution is 2.28. The summed E-state index contributed by atoms with van der Waals surface area (Å²) in [5.41, 5.74) is 6.27. The van der Waals surface area contributed by atoms with E-state index in [9.17, 15) is 19.2 Å². The second kappa shape index (κ2) is 16.9. The zero-order chi connectivity index (χ0) is 30.5. The van der Waals surface area contributed by atoms with Gasteiger partial charge in [0.15, 0.2) is 0 Å². The number of hydrogen-bond donors (Lipinski definition) is 3. The first-order valence-corrected chi connectivity index (χ1v) is 14.6. The normalized spacial score (nSPS) is 13.7. The Bertz CT molecular complexity index is 973. The summed E-state index contributed by atoms with van der Waals surface area (Å²) >= 11 is 0. The maximum Gasteiger partial charge on any atom is 0.408 e. The summed E-state index contributed by atoms with van der Waals surface area (Å²) in [5.74, 6) is -0.937. The van der Waals surface area contributed by atoms with E-state index in [-0.39, 0.29) is 24.8 Å². The number of nitrogens with one attached hydrogen (secondary N) is 2. The molecule has 0 saturated heterocycles. The Morgan fingerprint density at radius 3 is 2.25 bits per heavy atom. The van der Waals surface area contributed by atoms with Gasteiger partial charge in [0, 0.05) is 19.0 Å². The van der Waals surface area contributed by atoms with E-state index in [1.54, 1.807) is 25.7 Å². The highest BCUT2D eigenvalue weighted by atomic mass is 16.6. The zero-order valence-electron chi connectivity index (χ0n) is 25.8. The lowest BCUT2D eigenvalue weighted by Crippen LogP contribution is -2.55. The summed E-state index contributed by atoms with van der Waals surface area (Å²) < 4.78 is 5.41. The number of nitrogens with two attached hydrogens (primary N) is 1. The number of alkyl carbamates (subject to hydrolysis) is 1. The van der Waals surface area contributed by atoms with Crippen LogP contribution in [0.3, 0.4) is 0 Å². The minimum atomic E-state index is -1.11. The molecule has 4 N–H and O–H groups in total. The quantitative estimate of drug-likeness (QED) is 0.241. The fourth-order valence-corrected chi connectivity index (χ4v) is 4.45. The molecule has 3 atom stereocenters. The van der Waals surface area contributed by atoms with Gasteiger partial charge in [-0.25, -0.2) is 4.79 Å². The number of aryl methyl sites for hydroxylation is 1. The highest BCUT2D eigenvalue weighted by molar-refractivity contribution is 5.92. The molecule has 3 unspecified atom stereocenters. The number of carbonyl (C=O) groups is 4. The minimum Gasteiger partial charge on any atom is -0.444 e. The Kier molecular flexibility index (Phi) is 14.7. The van der Waals surface area contributed by atoms with Gasteiger partial charge in [-0.2, -0.15) is 0 Å². The lowest BCUT2D eigenvalue weighted by molar-refractivity contribution is -0.145. The van der Waals surface area contributed by atoms with Crippen LogP contribution in [0, 0.1) is 12.8 Å². The fraction of sp³-hybridized carbons (Fsp3) is 0.677. The van der Waals surface area contributed by atoms with Gasteiger partial charge in [-0.15, -0.1) is 0 Å². The summed E-state index contributed by atoms with van der Waals surface area (Å²) in [4.78, 5) is 54.2. The molecule has 9 heteroatoms. The molecule has 0 heterocycles. The average molecular weight is 561 g/mol. The van der Waals surface area contributed by atoms with Crippen molar-refractivity contribution >= 4 is 23.8 Å². The minimum absolute atomic E-state index is 0.0144. The second-order valence-electron chi connectivity index (χ2n) is 12.1. The highest BCUT2D eigenvalue weighted by Gasteiger charge is 2.39. The predicted octanol–water partition coefficient (Wildman–Crippen LogP) is 5.15. The molecule has 1 aromatic rings. The lowest BCUT2D eigenvalue weighted by atomic mass is 9.95. The van der Waals surface area contributed by atoms with E-state index >= 15 is 0 Å². The van der Waals surface area contributed by atoms with Gasteiger partial charge < -0.3 is 26.0 Å². The molecular weight excluding hydrogens is 508 g/mol. The van der Waals surface area contributed by atoms with Gasteiger partial charge in [0.05, 0.1) is 0 Å². The molecule has 4 amide bonds. The number of amides is 4. The fourth-order valence-electron chi connectivity index (χ4n) is 4.45. The first-order valence-electron chi connectivity index (χ1n) is 14.6. The van der Waals surface area contributed by atoms with E-state index in [0.29, 0.717) is 24.4 Å².